The highest BCUT2D eigenvalue weighted by molar-refractivity contribution is 6.34. The number of para-hydroxylation sites is 6. The third-order valence-electron chi connectivity index (χ3n) is 22.3. The van der Waals surface area contributed by atoms with E-state index in [1.165, 1.54) is 109 Å². The lowest BCUT2D eigenvalue weighted by atomic mass is 9.99. The molecule has 0 aliphatic rings. The molecule has 9 heterocycles. The van der Waals surface area contributed by atoms with Crippen LogP contribution >= 0.6 is 0 Å². The first kappa shape index (κ1) is 63.2. The molecule has 0 radical (unpaired) electrons. The molecule has 0 fully saturated rings. The molecule has 15 aromatic carbocycles. The Labute approximate surface area is 636 Å². The summed E-state index contributed by atoms with van der Waals surface area (Å²) in [6.45, 7) is 0. The van der Waals surface area contributed by atoms with Crippen molar-refractivity contribution in [2.24, 2.45) is 0 Å². The van der Waals surface area contributed by atoms with E-state index in [-0.39, 0.29) is 0 Å². The smallest absolute Gasteiger partial charge is 0.0801 e. The van der Waals surface area contributed by atoms with Gasteiger partial charge >= 0.3 is 0 Å². The first-order valence-electron chi connectivity index (χ1n) is 37.5. The molecule has 0 saturated heterocycles. The minimum absolute atomic E-state index is 0.980. The van der Waals surface area contributed by atoms with Gasteiger partial charge in [-0.15, -0.1) is 0 Å². The van der Waals surface area contributed by atoms with Crippen molar-refractivity contribution in [3.05, 3.63) is 383 Å². The lowest BCUT2D eigenvalue weighted by molar-refractivity contribution is 1.18. The number of rotatable bonds is 6. The van der Waals surface area contributed by atoms with Gasteiger partial charge in [0.05, 0.1) is 71.9 Å². The zero-order valence-electron chi connectivity index (χ0n) is 59.9. The van der Waals surface area contributed by atoms with Crippen molar-refractivity contribution < 1.29 is 0 Å². The minimum Gasteiger partial charge on any atom is -0.309 e. The van der Waals surface area contributed by atoms with E-state index < -0.39 is 0 Å². The second kappa shape index (κ2) is 25.9. The predicted octanol–water partition coefficient (Wildman–Crippen LogP) is 26.1. The van der Waals surface area contributed by atoms with Crippen LogP contribution in [0.1, 0.15) is 0 Å². The Morgan fingerprint density at radius 2 is 0.541 bits per heavy atom. The molecule has 516 valence electrons. The van der Waals surface area contributed by atoms with E-state index in [0.717, 1.165) is 105 Å². The van der Waals surface area contributed by atoms with Crippen molar-refractivity contribution >= 4 is 163 Å². The Balaban J connectivity index is 0.000000102. The normalized spacial score (nSPS) is 11.8. The van der Waals surface area contributed by atoms with E-state index in [2.05, 4.69) is 333 Å². The number of aromatic nitrogens is 9. The average Bonchev–Trinajstić information content (AvgIpc) is 1.68. The summed E-state index contributed by atoms with van der Waals surface area (Å²) < 4.78 is 7.18. The molecule has 111 heavy (non-hydrogen) atoms. The Morgan fingerprint density at radius 3 is 1.02 bits per heavy atom. The molecule has 9 aromatic heterocycles. The maximum absolute atomic E-state index is 4.90. The molecule has 0 aliphatic heterocycles. The van der Waals surface area contributed by atoms with Gasteiger partial charge in [0, 0.05) is 140 Å². The summed E-state index contributed by atoms with van der Waals surface area (Å²) >= 11 is 0. The van der Waals surface area contributed by atoms with Crippen LogP contribution in [0.2, 0.25) is 0 Å². The molecule has 24 rings (SSSR count). The maximum atomic E-state index is 4.90. The average molecular weight is 1410 g/mol. The molecule has 9 heteroatoms. The van der Waals surface area contributed by atoms with Crippen molar-refractivity contribution in [2.75, 3.05) is 0 Å². The van der Waals surface area contributed by atoms with Crippen LogP contribution in [0.15, 0.2) is 383 Å². The van der Waals surface area contributed by atoms with Crippen LogP contribution < -0.4 is 0 Å². The van der Waals surface area contributed by atoms with E-state index in [9.17, 15) is 0 Å². The molecule has 0 N–H and O–H groups in total. The van der Waals surface area contributed by atoms with Crippen molar-refractivity contribution in [1.82, 2.24) is 43.6 Å². The monoisotopic (exact) mass is 1410 g/mol. The molecule has 0 amide bonds. The molecule has 9 nitrogen and oxygen atoms in total. The summed E-state index contributed by atoms with van der Waals surface area (Å²) in [5.41, 5.74) is 23.5. The topological polar surface area (TPSA) is 92.1 Å². The molecule has 0 bridgehead atoms. The van der Waals surface area contributed by atoms with Gasteiger partial charge in [-0.1, -0.05) is 231 Å². The zero-order chi connectivity index (χ0) is 73.0. The van der Waals surface area contributed by atoms with Gasteiger partial charge in [-0.2, -0.15) is 0 Å². The van der Waals surface area contributed by atoms with Crippen LogP contribution in [-0.2, 0) is 0 Å². The fraction of sp³-hybridized carbons (Fsp3) is 0. The summed E-state index contributed by atoms with van der Waals surface area (Å²) in [5.74, 6) is 0. The van der Waals surface area contributed by atoms with Crippen LogP contribution in [0.4, 0.5) is 0 Å². The van der Waals surface area contributed by atoms with Crippen molar-refractivity contribution in [3.63, 3.8) is 0 Å². The quantitative estimate of drug-likeness (QED) is 0.154. The number of fused-ring (bicyclic) bond motifs is 27. The summed E-state index contributed by atoms with van der Waals surface area (Å²) in [4.78, 5) is 28.6. The summed E-state index contributed by atoms with van der Waals surface area (Å²) in [5, 5.41) is 21.8. The van der Waals surface area contributed by atoms with Crippen LogP contribution in [-0.4, -0.2) is 43.6 Å². The fourth-order valence-electron chi connectivity index (χ4n) is 17.5. The van der Waals surface area contributed by atoms with E-state index in [4.69, 9.17) is 19.9 Å². The van der Waals surface area contributed by atoms with Crippen molar-refractivity contribution in [3.8, 4) is 50.6 Å². The zero-order valence-corrected chi connectivity index (χ0v) is 59.9. The van der Waals surface area contributed by atoms with Crippen LogP contribution in [0.25, 0.3) is 214 Å². The van der Waals surface area contributed by atoms with Gasteiger partial charge in [-0.25, -0.2) is 4.98 Å². The molecule has 0 unspecified atom stereocenters. The summed E-state index contributed by atoms with van der Waals surface area (Å²) in [7, 11) is 0. The number of pyridine rings is 6. The Kier molecular flexibility index (Phi) is 14.7. The predicted molar refractivity (Wildman–Crippen MR) is 463 cm³/mol. The van der Waals surface area contributed by atoms with Gasteiger partial charge in [0.1, 0.15) is 0 Å². The SMILES string of the molecule is c1ccc2c(-c3ccc(-n4c5ccccc5c5c6ccccc6c6ncccc6c54)cc3)ccnc2c1.c1ccc2nc(-c3ccc(-n4c5ccccc5c5c6ccccc6c6ncccc6c54)cc3)ccc2c1.c1cnc2c(-c3ccc(-n4c5ccccc5c5c6ccccc6c6ncccc6c54)cc3)cccc2c1. The van der Waals surface area contributed by atoms with Gasteiger partial charge in [-0.05, 0) is 154 Å². The van der Waals surface area contributed by atoms with Gasteiger partial charge < -0.3 is 13.7 Å². The highest BCUT2D eigenvalue weighted by Crippen LogP contribution is 2.46. The summed E-state index contributed by atoms with van der Waals surface area (Å²) in [6.07, 6.45) is 9.42. The van der Waals surface area contributed by atoms with E-state index in [0.29, 0.717) is 0 Å². The first-order chi connectivity index (χ1) is 55.1. The highest BCUT2D eigenvalue weighted by Gasteiger charge is 2.24. The third-order valence-corrected chi connectivity index (χ3v) is 22.3. The fourth-order valence-corrected chi connectivity index (χ4v) is 17.5. The highest BCUT2D eigenvalue weighted by atomic mass is 15.0. The van der Waals surface area contributed by atoms with E-state index in [1.807, 2.05) is 73.4 Å². The molecule has 0 saturated carbocycles. The van der Waals surface area contributed by atoms with Gasteiger partial charge in [0.2, 0.25) is 0 Å². The number of benzene rings is 15. The van der Waals surface area contributed by atoms with Gasteiger partial charge in [0.15, 0.2) is 0 Å². The number of hydrogen-bond acceptors (Lipinski definition) is 6. The molecule has 0 aliphatic carbocycles. The minimum atomic E-state index is 0.980. The first-order valence-corrected chi connectivity index (χ1v) is 37.5. The molecule has 0 spiro atoms. The molecule has 24 aromatic rings. The van der Waals surface area contributed by atoms with Crippen molar-refractivity contribution in [1.29, 1.82) is 0 Å². The molecular formula is C102H63N9. The Bertz CT molecular complexity index is 7560. The van der Waals surface area contributed by atoms with Crippen molar-refractivity contribution in [2.45, 2.75) is 0 Å². The maximum Gasteiger partial charge on any atom is 0.0801 e. The Morgan fingerprint density at radius 1 is 0.189 bits per heavy atom. The van der Waals surface area contributed by atoms with Gasteiger partial charge in [0.25, 0.3) is 0 Å². The van der Waals surface area contributed by atoms with Crippen LogP contribution in [0.3, 0.4) is 0 Å². The second-order valence-electron chi connectivity index (χ2n) is 28.4. The van der Waals surface area contributed by atoms with Crippen LogP contribution in [0.5, 0.6) is 0 Å². The largest absolute Gasteiger partial charge is 0.309 e. The third kappa shape index (κ3) is 10.2. The van der Waals surface area contributed by atoms with E-state index in [1.54, 1.807) is 0 Å². The van der Waals surface area contributed by atoms with Crippen LogP contribution in [0, 0.1) is 0 Å². The standard InChI is InChI=1S/3C34H21N3/c1-5-13-29-22(8-1)17-20-30(36-29)23-15-18-24(19-16-23)37-31-14-6-4-11-27(31)32-25-9-2-3-10-26(25)33-28(34(32)37)12-7-21-35-33;1-2-10-27-26(9-1)32-28-11-4-6-14-31(28)37(34(32)29-12-7-20-36-33(27)29)23-17-15-22(16-18-23)24-19-21-35-30-13-5-3-8-25(24)30;1-2-11-27-26(10-1)31-28-12-3-4-15-30(28)37(34(31)29-14-7-21-36-33(27)29)24-18-16-22(17-19-24)25-13-5-8-23-9-6-20-35-32(23)25/h3*1-21H. The van der Waals surface area contributed by atoms with E-state index >= 15 is 0 Å². The lowest BCUT2D eigenvalue weighted by Crippen LogP contribution is -1.95. The number of nitrogens with zero attached hydrogens (tertiary/aromatic N) is 9. The molecule has 0 atom stereocenters. The lowest BCUT2D eigenvalue weighted by Gasteiger charge is -2.13. The van der Waals surface area contributed by atoms with Gasteiger partial charge in [-0.3, -0.25) is 24.9 Å². The Hall–Kier alpha value is -15.1. The number of hydrogen-bond donors (Lipinski definition) is 0. The molecular weight excluding hydrogens is 1350 g/mol. The second-order valence-corrected chi connectivity index (χ2v) is 28.4. The summed E-state index contributed by atoms with van der Waals surface area (Å²) in [6, 6.07) is 125.